The summed E-state index contributed by atoms with van der Waals surface area (Å²) in [5, 5.41) is 10.1. The Balaban J connectivity index is 1.90. The summed E-state index contributed by atoms with van der Waals surface area (Å²) in [7, 11) is 0. The number of rotatable bonds is 4. The lowest BCUT2D eigenvalue weighted by atomic mass is 9.81. The van der Waals surface area contributed by atoms with E-state index in [0.717, 1.165) is 24.8 Å². The number of hydrogen-bond donors (Lipinski definition) is 1. The second-order valence-corrected chi connectivity index (χ2v) is 5.95. The molecule has 2 aliphatic rings. The van der Waals surface area contributed by atoms with Crippen LogP contribution in [0.5, 0.6) is 0 Å². The van der Waals surface area contributed by atoms with Crippen LogP contribution in [0.15, 0.2) is 23.8 Å². The second kappa shape index (κ2) is 4.95. The highest BCUT2D eigenvalue weighted by Gasteiger charge is 2.44. The molecule has 0 aromatic carbocycles. The highest BCUT2D eigenvalue weighted by molar-refractivity contribution is 5.23. The second-order valence-electron chi connectivity index (χ2n) is 5.95. The van der Waals surface area contributed by atoms with E-state index in [1.165, 1.54) is 5.57 Å². The summed E-state index contributed by atoms with van der Waals surface area (Å²) in [5.74, 6) is 0.858. The molecule has 4 atom stereocenters. The van der Waals surface area contributed by atoms with Crippen LogP contribution in [0.4, 0.5) is 0 Å². The van der Waals surface area contributed by atoms with Crippen molar-refractivity contribution in [1.82, 2.24) is 0 Å². The van der Waals surface area contributed by atoms with Gasteiger partial charge in [0.1, 0.15) is 6.10 Å². The largest absolute Gasteiger partial charge is 0.388 e. The Bertz CT molecular complexity index is 330. The Morgan fingerprint density at radius 1 is 1.59 bits per heavy atom. The molecule has 2 heteroatoms. The monoisotopic (exact) mass is 236 g/mol. The minimum atomic E-state index is -0.361. The summed E-state index contributed by atoms with van der Waals surface area (Å²) < 4.78 is 5.69. The van der Waals surface area contributed by atoms with Crippen LogP contribution in [0.1, 0.15) is 40.0 Å². The van der Waals surface area contributed by atoms with Gasteiger partial charge in [0, 0.05) is 5.92 Å². The zero-order chi connectivity index (χ0) is 12.6. The van der Waals surface area contributed by atoms with E-state index in [4.69, 9.17) is 4.74 Å². The van der Waals surface area contributed by atoms with Crippen molar-refractivity contribution >= 4 is 0 Å². The van der Waals surface area contributed by atoms with Gasteiger partial charge in [0.15, 0.2) is 0 Å². The van der Waals surface area contributed by atoms with Crippen LogP contribution in [0, 0.1) is 11.8 Å². The standard InChI is InChI=1S/C15H24O2/c1-9(2)7-14-15(17-14)11(4)12-6-5-10(3)8-13(12)16/h8-9,12-16H,4-7H2,1-3H3/t12-,13-,14-,15-/m1/s1. The first-order valence-electron chi connectivity index (χ1n) is 6.68. The van der Waals surface area contributed by atoms with Crippen molar-refractivity contribution in [1.29, 1.82) is 0 Å². The Morgan fingerprint density at radius 2 is 2.29 bits per heavy atom. The fraction of sp³-hybridized carbons (Fsp3) is 0.733. The smallest absolute Gasteiger partial charge is 0.105 e. The summed E-state index contributed by atoms with van der Waals surface area (Å²) in [4.78, 5) is 0. The molecule has 1 aliphatic carbocycles. The highest BCUT2D eigenvalue weighted by Crippen LogP contribution is 2.40. The average molecular weight is 236 g/mol. The maximum Gasteiger partial charge on any atom is 0.105 e. The molecule has 17 heavy (non-hydrogen) atoms. The number of aliphatic hydroxyl groups excluding tert-OH is 1. The van der Waals surface area contributed by atoms with Gasteiger partial charge in [0.25, 0.3) is 0 Å². The van der Waals surface area contributed by atoms with Crippen molar-refractivity contribution in [2.45, 2.75) is 58.3 Å². The number of allylic oxidation sites excluding steroid dienone is 1. The molecule has 1 saturated heterocycles. The molecule has 0 bridgehead atoms. The van der Waals surface area contributed by atoms with E-state index in [2.05, 4.69) is 27.4 Å². The van der Waals surface area contributed by atoms with Gasteiger partial charge in [0.05, 0.1) is 12.2 Å². The van der Waals surface area contributed by atoms with Crippen LogP contribution in [-0.4, -0.2) is 23.4 Å². The highest BCUT2D eigenvalue weighted by atomic mass is 16.6. The summed E-state index contributed by atoms with van der Waals surface area (Å²) in [6, 6.07) is 0. The van der Waals surface area contributed by atoms with Gasteiger partial charge in [-0.1, -0.05) is 32.1 Å². The predicted molar refractivity (Wildman–Crippen MR) is 69.7 cm³/mol. The molecule has 2 nitrogen and oxygen atoms in total. The van der Waals surface area contributed by atoms with Crippen molar-refractivity contribution in [2.75, 3.05) is 0 Å². The van der Waals surface area contributed by atoms with Crippen LogP contribution in [0.25, 0.3) is 0 Å². The lowest BCUT2D eigenvalue weighted by Crippen LogP contribution is -2.26. The Labute approximate surface area is 104 Å². The first kappa shape index (κ1) is 12.8. The molecule has 96 valence electrons. The van der Waals surface area contributed by atoms with E-state index in [0.29, 0.717) is 12.0 Å². The first-order valence-corrected chi connectivity index (χ1v) is 6.68. The summed E-state index contributed by atoms with van der Waals surface area (Å²) >= 11 is 0. The van der Waals surface area contributed by atoms with Crippen molar-refractivity contribution < 1.29 is 9.84 Å². The molecule has 1 fully saturated rings. The Kier molecular flexibility index (Phi) is 3.74. The van der Waals surface area contributed by atoms with Gasteiger partial charge in [0.2, 0.25) is 0 Å². The third kappa shape index (κ3) is 2.99. The van der Waals surface area contributed by atoms with Crippen molar-refractivity contribution in [3.63, 3.8) is 0 Å². The maximum absolute atomic E-state index is 10.1. The van der Waals surface area contributed by atoms with Crippen LogP contribution < -0.4 is 0 Å². The zero-order valence-electron chi connectivity index (χ0n) is 11.1. The minimum Gasteiger partial charge on any atom is -0.388 e. The number of epoxide rings is 1. The molecule has 0 saturated carbocycles. The van der Waals surface area contributed by atoms with E-state index in [9.17, 15) is 5.11 Å². The third-order valence-electron chi connectivity index (χ3n) is 3.85. The average Bonchev–Trinajstić information content (AvgIpc) is 2.95. The van der Waals surface area contributed by atoms with Gasteiger partial charge < -0.3 is 9.84 Å². The molecule has 2 rings (SSSR count). The SMILES string of the molecule is C=C([C@H]1CCC(C)=C[C@H]1O)[C@H]1O[C@@H]1CC(C)C. The number of aliphatic hydroxyl groups is 1. The predicted octanol–water partition coefficient (Wildman–Crippen LogP) is 3.07. The van der Waals surface area contributed by atoms with Gasteiger partial charge in [-0.2, -0.15) is 0 Å². The van der Waals surface area contributed by atoms with E-state index in [-0.39, 0.29) is 18.1 Å². The molecule has 0 amide bonds. The number of hydrogen-bond acceptors (Lipinski definition) is 2. The summed E-state index contributed by atoms with van der Waals surface area (Å²) in [6.45, 7) is 10.7. The van der Waals surface area contributed by atoms with Gasteiger partial charge in [-0.3, -0.25) is 0 Å². The molecule has 1 heterocycles. The number of ether oxygens (including phenoxy) is 1. The summed E-state index contributed by atoms with van der Waals surface area (Å²) in [5.41, 5.74) is 2.39. The molecular formula is C15H24O2. The molecule has 1 aliphatic heterocycles. The van der Waals surface area contributed by atoms with Crippen molar-refractivity contribution in [3.05, 3.63) is 23.8 Å². The normalized spacial score (nSPS) is 36.9. The van der Waals surface area contributed by atoms with Crippen LogP contribution in [-0.2, 0) is 4.74 Å². The van der Waals surface area contributed by atoms with Crippen molar-refractivity contribution in [3.8, 4) is 0 Å². The summed E-state index contributed by atoms with van der Waals surface area (Å²) in [6.07, 6.45) is 5.34. The molecule has 0 radical (unpaired) electrons. The minimum absolute atomic E-state index is 0.195. The fourth-order valence-corrected chi connectivity index (χ4v) is 2.77. The topological polar surface area (TPSA) is 32.8 Å². The third-order valence-corrected chi connectivity index (χ3v) is 3.85. The lowest BCUT2D eigenvalue weighted by Gasteiger charge is -2.27. The van der Waals surface area contributed by atoms with Crippen LogP contribution in [0.3, 0.4) is 0 Å². The van der Waals surface area contributed by atoms with E-state index >= 15 is 0 Å². The quantitative estimate of drug-likeness (QED) is 0.601. The van der Waals surface area contributed by atoms with Gasteiger partial charge in [-0.25, -0.2) is 0 Å². The van der Waals surface area contributed by atoms with Crippen LogP contribution >= 0.6 is 0 Å². The Morgan fingerprint density at radius 3 is 2.88 bits per heavy atom. The maximum atomic E-state index is 10.1. The fourth-order valence-electron chi connectivity index (χ4n) is 2.77. The molecular weight excluding hydrogens is 212 g/mol. The molecule has 0 aromatic heterocycles. The first-order chi connectivity index (χ1) is 7.99. The lowest BCUT2D eigenvalue weighted by molar-refractivity contribution is 0.153. The van der Waals surface area contributed by atoms with Crippen LogP contribution in [0.2, 0.25) is 0 Å². The van der Waals surface area contributed by atoms with Gasteiger partial charge in [-0.15, -0.1) is 0 Å². The van der Waals surface area contributed by atoms with E-state index < -0.39 is 0 Å². The van der Waals surface area contributed by atoms with Gasteiger partial charge in [-0.05, 0) is 37.7 Å². The van der Waals surface area contributed by atoms with E-state index in [1.54, 1.807) is 0 Å². The van der Waals surface area contributed by atoms with Gasteiger partial charge >= 0.3 is 0 Å². The molecule has 0 aromatic rings. The molecule has 1 N–H and O–H groups in total. The Hall–Kier alpha value is -0.600. The molecule has 0 spiro atoms. The zero-order valence-corrected chi connectivity index (χ0v) is 11.1. The van der Waals surface area contributed by atoms with E-state index in [1.807, 2.05) is 6.08 Å². The van der Waals surface area contributed by atoms with Crippen molar-refractivity contribution in [2.24, 2.45) is 11.8 Å². The molecule has 0 unspecified atom stereocenters.